The van der Waals surface area contributed by atoms with Gasteiger partial charge in [-0.3, -0.25) is 9.59 Å². The number of methoxy groups -OCH3 is 2. The summed E-state index contributed by atoms with van der Waals surface area (Å²) in [5, 5.41) is 3.28. The van der Waals surface area contributed by atoms with Gasteiger partial charge in [-0.25, -0.2) is 0 Å². The number of carbonyl (C=O) groups is 2. The number of hydrogen-bond acceptors (Lipinski definition) is 5. The number of halogens is 1. The van der Waals surface area contributed by atoms with Crippen LogP contribution in [-0.2, 0) is 20.7 Å². The Bertz CT molecular complexity index is 800. The summed E-state index contributed by atoms with van der Waals surface area (Å²) in [6.45, 7) is 1.48. The van der Waals surface area contributed by atoms with Crippen molar-refractivity contribution in [1.29, 1.82) is 0 Å². The maximum atomic E-state index is 11.9. The molecule has 0 saturated carbocycles. The number of nitrogens with one attached hydrogen (secondary N) is 1. The summed E-state index contributed by atoms with van der Waals surface area (Å²) in [7, 11) is 3.13. The molecule has 0 aliphatic heterocycles. The fourth-order valence-electron chi connectivity index (χ4n) is 2.43. The Hall–Kier alpha value is -2.73. The van der Waals surface area contributed by atoms with E-state index < -0.39 is 11.9 Å². The van der Waals surface area contributed by atoms with Crippen LogP contribution in [0.4, 0.5) is 5.69 Å². The van der Waals surface area contributed by atoms with Gasteiger partial charge in [-0.2, -0.15) is 0 Å². The molecule has 0 aliphatic rings. The summed E-state index contributed by atoms with van der Waals surface area (Å²) < 4.78 is 15.4. The molecule has 1 amide bonds. The summed E-state index contributed by atoms with van der Waals surface area (Å²) in [6.07, 6.45) is 0.591. The third-order valence-corrected chi connectivity index (χ3v) is 4.09. The van der Waals surface area contributed by atoms with Gasteiger partial charge in [-0.1, -0.05) is 11.6 Å². The van der Waals surface area contributed by atoms with Crippen molar-refractivity contribution in [2.75, 3.05) is 26.1 Å². The van der Waals surface area contributed by atoms with E-state index in [-0.39, 0.29) is 13.0 Å². The third-order valence-electron chi connectivity index (χ3n) is 3.86. The van der Waals surface area contributed by atoms with Crippen LogP contribution in [0.2, 0.25) is 5.02 Å². The van der Waals surface area contributed by atoms with Crippen molar-refractivity contribution in [3.8, 4) is 11.5 Å². The molecule has 0 fully saturated rings. The van der Waals surface area contributed by atoms with Crippen LogP contribution in [-0.4, -0.2) is 32.7 Å². The van der Waals surface area contributed by atoms with Gasteiger partial charge in [0, 0.05) is 23.2 Å². The molecule has 0 bridgehead atoms. The molecule has 1 N–H and O–H groups in total. The molecule has 6 nitrogen and oxygen atoms in total. The monoisotopic (exact) mass is 391 g/mol. The number of rotatable bonds is 8. The first-order valence-corrected chi connectivity index (χ1v) is 8.72. The molecule has 27 heavy (non-hydrogen) atoms. The number of hydrogen-bond donors (Lipinski definition) is 1. The van der Waals surface area contributed by atoms with Crippen LogP contribution in [0, 0.1) is 6.92 Å². The first kappa shape index (κ1) is 20.6. The zero-order chi connectivity index (χ0) is 19.8. The van der Waals surface area contributed by atoms with Gasteiger partial charge in [-0.05, 0) is 54.8 Å². The predicted octanol–water partition coefficient (Wildman–Crippen LogP) is 3.78. The zero-order valence-electron chi connectivity index (χ0n) is 15.5. The van der Waals surface area contributed by atoms with E-state index in [1.54, 1.807) is 38.5 Å². The Morgan fingerprint density at radius 1 is 1.04 bits per heavy atom. The van der Waals surface area contributed by atoms with Crippen molar-refractivity contribution in [2.45, 2.75) is 19.8 Å². The topological polar surface area (TPSA) is 73.9 Å². The third kappa shape index (κ3) is 6.49. The maximum Gasteiger partial charge on any atom is 0.306 e. The van der Waals surface area contributed by atoms with E-state index in [0.29, 0.717) is 28.6 Å². The first-order valence-electron chi connectivity index (χ1n) is 8.35. The first-order chi connectivity index (χ1) is 12.9. The molecule has 2 rings (SSSR count). The summed E-state index contributed by atoms with van der Waals surface area (Å²) in [5.41, 5.74) is 2.34. The summed E-state index contributed by atoms with van der Waals surface area (Å²) in [6, 6.07) is 10.5. The van der Waals surface area contributed by atoms with Gasteiger partial charge < -0.3 is 19.5 Å². The highest BCUT2D eigenvalue weighted by atomic mass is 35.5. The van der Waals surface area contributed by atoms with Gasteiger partial charge in [0.15, 0.2) is 6.61 Å². The molecular formula is C20H22ClNO5. The van der Waals surface area contributed by atoms with E-state index >= 15 is 0 Å². The van der Waals surface area contributed by atoms with Crippen LogP contribution in [0.15, 0.2) is 36.4 Å². The highest BCUT2D eigenvalue weighted by Crippen LogP contribution is 2.23. The zero-order valence-corrected chi connectivity index (χ0v) is 16.3. The number of carbonyl (C=O) groups excluding carboxylic acids is 2. The van der Waals surface area contributed by atoms with Gasteiger partial charge in [0.25, 0.3) is 5.91 Å². The van der Waals surface area contributed by atoms with Crippen molar-refractivity contribution in [1.82, 2.24) is 0 Å². The number of anilines is 1. The molecule has 144 valence electrons. The molecule has 0 aromatic heterocycles. The highest BCUT2D eigenvalue weighted by molar-refractivity contribution is 6.30. The second-order valence-corrected chi connectivity index (χ2v) is 6.33. The van der Waals surface area contributed by atoms with Crippen LogP contribution in [0.5, 0.6) is 11.5 Å². The number of benzene rings is 2. The molecule has 0 atom stereocenters. The largest absolute Gasteiger partial charge is 0.497 e. The van der Waals surface area contributed by atoms with Gasteiger partial charge in [0.1, 0.15) is 11.5 Å². The van der Waals surface area contributed by atoms with Crippen LogP contribution in [0.25, 0.3) is 0 Å². The lowest BCUT2D eigenvalue weighted by Crippen LogP contribution is -2.21. The number of ether oxygens (including phenoxy) is 3. The van der Waals surface area contributed by atoms with Gasteiger partial charge in [0.05, 0.1) is 14.2 Å². The molecule has 2 aromatic rings. The normalized spacial score (nSPS) is 10.2. The summed E-state index contributed by atoms with van der Waals surface area (Å²) in [5.74, 6) is 0.433. The standard InChI is InChI=1S/C20H22ClNO5/c1-13-8-15(21)5-6-18(13)22-19(23)12-27-20(24)7-4-14-9-16(25-2)11-17(10-14)26-3/h5-6,8-11H,4,7,12H2,1-3H3,(H,22,23). The predicted molar refractivity (Wildman–Crippen MR) is 104 cm³/mol. The summed E-state index contributed by atoms with van der Waals surface area (Å²) >= 11 is 5.88. The fraction of sp³-hybridized carbons (Fsp3) is 0.300. The molecular weight excluding hydrogens is 370 g/mol. The van der Waals surface area contributed by atoms with Crippen molar-refractivity contribution in [3.05, 3.63) is 52.5 Å². The Morgan fingerprint density at radius 3 is 2.30 bits per heavy atom. The SMILES string of the molecule is COc1cc(CCC(=O)OCC(=O)Nc2ccc(Cl)cc2C)cc(OC)c1. The van der Waals surface area contributed by atoms with E-state index in [2.05, 4.69) is 5.32 Å². The maximum absolute atomic E-state index is 11.9. The average Bonchev–Trinajstić information content (AvgIpc) is 2.66. The van der Waals surface area contributed by atoms with Gasteiger partial charge in [0.2, 0.25) is 0 Å². The van der Waals surface area contributed by atoms with Crippen molar-refractivity contribution in [3.63, 3.8) is 0 Å². The molecule has 0 heterocycles. The van der Waals surface area contributed by atoms with E-state index in [9.17, 15) is 9.59 Å². The highest BCUT2D eigenvalue weighted by Gasteiger charge is 2.10. The summed E-state index contributed by atoms with van der Waals surface area (Å²) in [4.78, 5) is 23.9. The van der Waals surface area contributed by atoms with Crippen LogP contribution >= 0.6 is 11.6 Å². The quantitative estimate of drug-likeness (QED) is 0.693. The Balaban J connectivity index is 1.81. The minimum absolute atomic E-state index is 0.142. The molecule has 0 saturated heterocycles. The lowest BCUT2D eigenvalue weighted by Gasteiger charge is -2.10. The number of aryl methyl sites for hydroxylation is 2. The lowest BCUT2D eigenvalue weighted by molar-refractivity contribution is -0.147. The Morgan fingerprint density at radius 2 is 1.70 bits per heavy atom. The van der Waals surface area contributed by atoms with E-state index in [1.807, 2.05) is 19.1 Å². The van der Waals surface area contributed by atoms with Crippen LogP contribution < -0.4 is 14.8 Å². The molecule has 0 unspecified atom stereocenters. The number of amides is 1. The minimum atomic E-state index is -0.459. The van der Waals surface area contributed by atoms with Gasteiger partial charge >= 0.3 is 5.97 Å². The minimum Gasteiger partial charge on any atom is -0.497 e. The molecule has 7 heteroatoms. The van der Waals surface area contributed by atoms with Crippen molar-refractivity contribution in [2.24, 2.45) is 0 Å². The fourth-order valence-corrected chi connectivity index (χ4v) is 2.66. The Kier molecular flexibility index (Phi) is 7.49. The molecule has 0 radical (unpaired) electrons. The molecule has 2 aromatic carbocycles. The smallest absolute Gasteiger partial charge is 0.306 e. The second-order valence-electron chi connectivity index (χ2n) is 5.89. The van der Waals surface area contributed by atoms with Crippen molar-refractivity contribution >= 4 is 29.2 Å². The van der Waals surface area contributed by atoms with Crippen LogP contribution in [0.3, 0.4) is 0 Å². The molecule has 0 spiro atoms. The lowest BCUT2D eigenvalue weighted by atomic mass is 10.1. The number of esters is 1. The van der Waals surface area contributed by atoms with Crippen molar-refractivity contribution < 1.29 is 23.8 Å². The van der Waals surface area contributed by atoms with Crippen LogP contribution in [0.1, 0.15) is 17.5 Å². The van der Waals surface area contributed by atoms with E-state index in [4.69, 9.17) is 25.8 Å². The Labute approximate surface area is 163 Å². The second kappa shape index (κ2) is 9.83. The van der Waals surface area contributed by atoms with Gasteiger partial charge in [-0.15, -0.1) is 0 Å². The van der Waals surface area contributed by atoms with E-state index in [0.717, 1.165) is 11.1 Å². The van der Waals surface area contributed by atoms with E-state index in [1.165, 1.54) is 0 Å². The molecule has 0 aliphatic carbocycles. The average molecular weight is 392 g/mol.